The van der Waals surface area contributed by atoms with Gasteiger partial charge in [0.05, 0.1) is 17.3 Å². The fourth-order valence-corrected chi connectivity index (χ4v) is 3.16. The van der Waals surface area contributed by atoms with Crippen LogP contribution in [0.5, 0.6) is 0 Å². The number of halogens is 2. The Labute approximate surface area is 158 Å². The summed E-state index contributed by atoms with van der Waals surface area (Å²) in [6.45, 7) is 1.86. The highest BCUT2D eigenvalue weighted by atomic mass is 35.5. The molecule has 8 heteroatoms. The molecule has 3 rings (SSSR count). The minimum absolute atomic E-state index is 0.445. The van der Waals surface area contributed by atoms with Gasteiger partial charge in [-0.05, 0) is 47.9 Å². The van der Waals surface area contributed by atoms with E-state index in [1.807, 2.05) is 13.0 Å². The number of nitrogens with one attached hydrogen (secondary N) is 1. The summed E-state index contributed by atoms with van der Waals surface area (Å²) in [4.78, 5) is 25.2. The summed E-state index contributed by atoms with van der Waals surface area (Å²) in [5.41, 5.74) is 2.25. The number of H-pyrrole nitrogens is 1. The standard InChI is InChI=1S/C18H12Cl2N4O2/c1-10-4-13(24-18(26)23-17(25)9-22-24)7-16(20)14(10)6-12-3-2-11(8-21)5-15(12)19/h2-5,7,9H,6H2,1H3,(H,23,25,26). The van der Waals surface area contributed by atoms with Gasteiger partial charge in [-0.25, -0.2) is 4.79 Å². The average Bonchev–Trinajstić information content (AvgIpc) is 2.59. The highest BCUT2D eigenvalue weighted by molar-refractivity contribution is 6.32. The number of hydrogen-bond acceptors (Lipinski definition) is 4. The Morgan fingerprint density at radius 3 is 2.58 bits per heavy atom. The zero-order valence-electron chi connectivity index (χ0n) is 13.6. The molecular weight excluding hydrogens is 375 g/mol. The first kappa shape index (κ1) is 17.9. The van der Waals surface area contributed by atoms with E-state index in [0.717, 1.165) is 27.6 Å². The van der Waals surface area contributed by atoms with Crippen molar-refractivity contribution in [3.05, 3.63) is 89.7 Å². The maximum atomic E-state index is 11.9. The molecule has 0 aliphatic heterocycles. The van der Waals surface area contributed by atoms with Crippen molar-refractivity contribution in [1.82, 2.24) is 14.8 Å². The third-order valence-corrected chi connectivity index (χ3v) is 4.60. The molecule has 0 aliphatic rings. The second kappa shape index (κ2) is 7.16. The summed E-state index contributed by atoms with van der Waals surface area (Å²) < 4.78 is 1.07. The number of aromatic amines is 1. The number of aromatic nitrogens is 3. The fourth-order valence-electron chi connectivity index (χ4n) is 2.59. The maximum Gasteiger partial charge on any atom is 0.349 e. The van der Waals surface area contributed by atoms with E-state index >= 15 is 0 Å². The molecule has 1 aromatic heterocycles. The number of rotatable bonds is 3. The number of nitriles is 1. The second-order valence-electron chi connectivity index (χ2n) is 5.67. The largest absolute Gasteiger partial charge is 0.349 e. The molecule has 0 fully saturated rings. The third-order valence-electron chi connectivity index (χ3n) is 3.91. The lowest BCUT2D eigenvalue weighted by Gasteiger charge is -2.13. The van der Waals surface area contributed by atoms with Crippen LogP contribution in [0.15, 0.2) is 46.1 Å². The van der Waals surface area contributed by atoms with Crippen LogP contribution in [0, 0.1) is 18.3 Å². The molecule has 0 atom stereocenters. The predicted octanol–water partition coefficient (Wildman–Crippen LogP) is 3.00. The predicted molar refractivity (Wildman–Crippen MR) is 99.2 cm³/mol. The molecule has 130 valence electrons. The lowest BCUT2D eigenvalue weighted by Crippen LogP contribution is -2.30. The van der Waals surface area contributed by atoms with Crippen molar-refractivity contribution in [2.45, 2.75) is 13.3 Å². The second-order valence-corrected chi connectivity index (χ2v) is 6.48. The summed E-state index contributed by atoms with van der Waals surface area (Å²) >= 11 is 12.7. The summed E-state index contributed by atoms with van der Waals surface area (Å²) in [7, 11) is 0. The normalized spacial score (nSPS) is 10.5. The van der Waals surface area contributed by atoms with Crippen molar-refractivity contribution in [3.63, 3.8) is 0 Å². The Balaban J connectivity index is 2.02. The van der Waals surface area contributed by atoms with E-state index in [1.165, 1.54) is 0 Å². The molecule has 0 amide bonds. The minimum atomic E-state index is -0.643. The SMILES string of the molecule is Cc1cc(-n2ncc(=O)[nH]c2=O)cc(Cl)c1Cc1ccc(C#N)cc1Cl. The molecule has 2 aromatic carbocycles. The van der Waals surface area contributed by atoms with Crippen LogP contribution in [-0.2, 0) is 6.42 Å². The van der Waals surface area contributed by atoms with Crippen LogP contribution in [0.2, 0.25) is 10.0 Å². The zero-order chi connectivity index (χ0) is 18.8. The van der Waals surface area contributed by atoms with Crippen molar-refractivity contribution in [1.29, 1.82) is 5.26 Å². The van der Waals surface area contributed by atoms with Gasteiger partial charge in [0.25, 0.3) is 5.56 Å². The van der Waals surface area contributed by atoms with Crippen molar-refractivity contribution >= 4 is 23.2 Å². The van der Waals surface area contributed by atoms with Gasteiger partial charge in [-0.1, -0.05) is 29.3 Å². The van der Waals surface area contributed by atoms with E-state index in [2.05, 4.69) is 10.1 Å². The molecule has 0 saturated carbocycles. The first-order valence-corrected chi connectivity index (χ1v) is 8.31. The van der Waals surface area contributed by atoms with Crippen molar-refractivity contribution in [2.24, 2.45) is 0 Å². The van der Waals surface area contributed by atoms with Gasteiger partial charge in [0, 0.05) is 16.5 Å². The van der Waals surface area contributed by atoms with Gasteiger partial charge in [-0.15, -0.1) is 0 Å². The highest BCUT2D eigenvalue weighted by Crippen LogP contribution is 2.28. The van der Waals surface area contributed by atoms with Crippen LogP contribution >= 0.6 is 23.2 Å². The summed E-state index contributed by atoms with van der Waals surface area (Å²) in [6, 6.07) is 10.5. The van der Waals surface area contributed by atoms with E-state index < -0.39 is 11.2 Å². The topological polar surface area (TPSA) is 91.5 Å². The van der Waals surface area contributed by atoms with Crippen LogP contribution in [0.1, 0.15) is 22.3 Å². The van der Waals surface area contributed by atoms with Gasteiger partial charge in [0.2, 0.25) is 0 Å². The van der Waals surface area contributed by atoms with Crippen molar-refractivity contribution in [2.75, 3.05) is 0 Å². The Morgan fingerprint density at radius 2 is 1.96 bits per heavy atom. The molecule has 0 radical (unpaired) electrons. The number of hydrogen-bond donors (Lipinski definition) is 1. The first-order valence-electron chi connectivity index (χ1n) is 7.55. The molecule has 1 heterocycles. The van der Waals surface area contributed by atoms with Crippen LogP contribution in [0.3, 0.4) is 0 Å². The Bertz CT molecular complexity index is 1140. The smallest absolute Gasteiger partial charge is 0.271 e. The number of nitrogens with zero attached hydrogens (tertiary/aromatic N) is 3. The fraction of sp³-hybridized carbons (Fsp3) is 0.111. The Hall–Kier alpha value is -2.88. The van der Waals surface area contributed by atoms with Gasteiger partial charge >= 0.3 is 5.69 Å². The van der Waals surface area contributed by atoms with Crippen LogP contribution in [0.25, 0.3) is 5.69 Å². The summed E-state index contributed by atoms with van der Waals surface area (Å²) in [6.07, 6.45) is 1.50. The molecule has 0 saturated heterocycles. The lowest BCUT2D eigenvalue weighted by atomic mass is 9.99. The van der Waals surface area contributed by atoms with Gasteiger partial charge in [0.1, 0.15) is 6.20 Å². The quantitative estimate of drug-likeness (QED) is 0.748. The molecule has 0 unspecified atom stereocenters. The van der Waals surface area contributed by atoms with Crippen LogP contribution in [-0.4, -0.2) is 14.8 Å². The van der Waals surface area contributed by atoms with Gasteiger partial charge in [0.15, 0.2) is 0 Å². The molecule has 0 bridgehead atoms. The van der Waals surface area contributed by atoms with E-state index in [0.29, 0.717) is 27.7 Å². The molecule has 3 aromatic rings. The third kappa shape index (κ3) is 3.54. The molecule has 26 heavy (non-hydrogen) atoms. The maximum absolute atomic E-state index is 11.9. The summed E-state index contributed by atoms with van der Waals surface area (Å²) in [5.74, 6) is 0. The first-order chi connectivity index (χ1) is 12.4. The Morgan fingerprint density at radius 1 is 1.19 bits per heavy atom. The molecule has 1 N–H and O–H groups in total. The van der Waals surface area contributed by atoms with Gasteiger partial charge in [-0.2, -0.15) is 15.0 Å². The van der Waals surface area contributed by atoms with Gasteiger partial charge in [-0.3, -0.25) is 9.78 Å². The van der Waals surface area contributed by atoms with E-state index in [9.17, 15) is 9.59 Å². The van der Waals surface area contributed by atoms with Crippen LogP contribution < -0.4 is 11.2 Å². The summed E-state index contributed by atoms with van der Waals surface area (Å²) in [5, 5.41) is 13.7. The molecular formula is C18H12Cl2N4O2. The molecule has 0 spiro atoms. The van der Waals surface area contributed by atoms with Gasteiger partial charge < -0.3 is 0 Å². The van der Waals surface area contributed by atoms with Crippen molar-refractivity contribution < 1.29 is 0 Å². The van der Waals surface area contributed by atoms with E-state index in [4.69, 9.17) is 28.5 Å². The lowest BCUT2D eigenvalue weighted by molar-refractivity contribution is 0.748. The molecule has 6 nitrogen and oxygen atoms in total. The van der Waals surface area contributed by atoms with E-state index in [1.54, 1.807) is 30.3 Å². The number of aryl methyl sites for hydroxylation is 1. The van der Waals surface area contributed by atoms with E-state index in [-0.39, 0.29) is 0 Å². The zero-order valence-corrected chi connectivity index (χ0v) is 15.1. The Kier molecular flexibility index (Phi) is 4.94. The number of benzene rings is 2. The monoisotopic (exact) mass is 386 g/mol. The van der Waals surface area contributed by atoms with Crippen molar-refractivity contribution in [3.8, 4) is 11.8 Å². The average molecular weight is 387 g/mol. The van der Waals surface area contributed by atoms with Crippen LogP contribution in [0.4, 0.5) is 0 Å². The minimum Gasteiger partial charge on any atom is -0.271 e. The molecule has 0 aliphatic carbocycles. The highest BCUT2D eigenvalue weighted by Gasteiger charge is 2.12.